The summed E-state index contributed by atoms with van der Waals surface area (Å²) in [5, 5.41) is 14.2. The van der Waals surface area contributed by atoms with Crippen LogP contribution in [0.3, 0.4) is 0 Å². The van der Waals surface area contributed by atoms with E-state index in [2.05, 4.69) is 11.2 Å². The fourth-order valence-electron chi connectivity index (χ4n) is 4.97. The fourth-order valence-corrected chi connectivity index (χ4v) is 5.15. The predicted molar refractivity (Wildman–Crippen MR) is 161 cm³/mol. The van der Waals surface area contributed by atoms with Crippen LogP contribution in [-0.4, -0.2) is 33.0 Å². The summed E-state index contributed by atoms with van der Waals surface area (Å²) in [6, 6.07) is 20.3. The highest BCUT2D eigenvalue weighted by atomic mass is 35.5. The Morgan fingerprint density at radius 3 is 2.56 bits per heavy atom. The van der Waals surface area contributed by atoms with Gasteiger partial charge in [-0.3, -0.25) is 9.59 Å². The molecule has 0 aliphatic rings. The highest BCUT2D eigenvalue weighted by molar-refractivity contribution is 6.31. The highest BCUT2D eigenvalue weighted by Gasteiger charge is 2.23. The molecule has 0 amide bonds. The number of nitrogens with zero attached hydrogens (tertiary/aromatic N) is 4. The smallest absolute Gasteiger partial charge is 0.342 e. The average molecular weight is 595 g/mol. The lowest BCUT2D eigenvalue weighted by molar-refractivity contribution is -0.121. The van der Waals surface area contributed by atoms with Gasteiger partial charge in [-0.2, -0.15) is 10.4 Å². The molecule has 10 heteroatoms. The van der Waals surface area contributed by atoms with E-state index in [1.165, 1.54) is 30.1 Å². The molecular weight excluding hydrogens is 568 g/mol. The average Bonchev–Trinajstić information content (AvgIpc) is 3.44. The number of hydrogen-bond donors (Lipinski definition) is 0. The maximum Gasteiger partial charge on any atom is 0.342 e. The van der Waals surface area contributed by atoms with Gasteiger partial charge in [0.2, 0.25) is 0 Å². The first kappa shape index (κ1) is 29.3. The van der Waals surface area contributed by atoms with Crippen LogP contribution in [0.15, 0.2) is 90.1 Å². The van der Waals surface area contributed by atoms with Gasteiger partial charge in [0.15, 0.2) is 5.78 Å². The Kier molecular flexibility index (Phi) is 8.69. The van der Waals surface area contributed by atoms with E-state index in [4.69, 9.17) is 21.1 Å². The van der Waals surface area contributed by atoms with Crippen LogP contribution in [0.25, 0.3) is 16.6 Å². The minimum Gasteiger partial charge on any atom is -0.495 e. The van der Waals surface area contributed by atoms with Crippen molar-refractivity contribution in [2.45, 2.75) is 32.4 Å². The van der Waals surface area contributed by atoms with Crippen molar-refractivity contribution in [2.24, 2.45) is 0 Å². The van der Waals surface area contributed by atoms with Gasteiger partial charge < -0.3 is 14.0 Å². The highest BCUT2D eigenvalue weighted by Crippen LogP contribution is 2.33. The Morgan fingerprint density at radius 2 is 1.84 bits per heavy atom. The summed E-state index contributed by atoms with van der Waals surface area (Å²) in [6.07, 6.45) is 4.98. The van der Waals surface area contributed by atoms with Gasteiger partial charge in [-0.15, -0.1) is 0 Å². The van der Waals surface area contributed by atoms with Crippen molar-refractivity contribution in [3.05, 3.63) is 123 Å². The van der Waals surface area contributed by atoms with E-state index in [-0.39, 0.29) is 24.4 Å². The summed E-state index contributed by atoms with van der Waals surface area (Å²) < 4.78 is 13.9. The first-order chi connectivity index (χ1) is 20.8. The minimum absolute atomic E-state index is 0.0159. The van der Waals surface area contributed by atoms with Crippen LogP contribution in [0.4, 0.5) is 0 Å². The molecular formula is C33H27ClN4O5. The number of aromatic nitrogens is 3. The Balaban J connectivity index is 1.40. The quantitative estimate of drug-likeness (QED) is 0.187. The number of hydrogen-bond acceptors (Lipinski definition) is 7. The number of ketones is 1. The van der Waals surface area contributed by atoms with Gasteiger partial charge in [-0.1, -0.05) is 48.9 Å². The van der Waals surface area contributed by atoms with Crippen molar-refractivity contribution >= 4 is 28.9 Å². The molecule has 3 aromatic heterocycles. The van der Waals surface area contributed by atoms with Crippen LogP contribution in [0.2, 0.25) is 5.02 Å². The van der Waals surface area contributed by atoms with Gasteiger partial charge in [-0.05, 0) is 47.9 Å². The number of ether oxygens (including phenoxy) is 2. The van der Waals surface area contributed by atoms with Gasteiger partial charge in [0.05, 0.1) is 42.7 Å². The second-order valence-corrected chi connectivity index (χ2v) is 10.3. The largest absolute Gasteiger partial charge is 0.495 e. The molecule has 43 heavy (non-hydrogen) atoms. The number of rotatable bonds is 10. The molecule has 2 aromatic carbocycles. The van der Waals surface area contributed by atoms with E-state index in [1.807, 2.05) is 37.3 Å². The number of carbonyl (C=O) groups is 2. The monoisotopic (exact) mass is 594 g/mol. The van der Waals surface area contributed by atoms with Crippen LogP contribution in [0.1, 0.15) is 46.4 Å². The Morgan fingerprint density at radius 1 is 1.05 bits per heavy atom. The summed E-state index contributed by atoms with van der Waals surface area (Å²) in [7, 11) is 1.45. The third-order valence-electron chi connectivity index (χ3n) is 7.15. The molecule has 0 radical (unpaired) electrons. The number of esters is 1. The number of pyridine rings is 2. The van der Waals surface area contributed by atoms with E-state index in [1.54, 1.807) is 41.0 Å². The molecule has 0 spiro atoms. The normalized spacial score (nSPS) is 11.6. The van der Waals surface area contributed by atoms with E-state index < -0.39 is 17.6 Å². The molecule has 9 nitrogen and oxygen atoms in total. The van der Waals surface area contributed by atoms with Crippen LogP contribution in [0.5, 0.6) is 5.75 Å². The maximum atomic E-state index is 13.6. The standard InChI is InChI=1S/C33H27ClN4O5/c1-3-28(37-19-31(42-2)26(16-32(37)40)25-15-24(34)10-9-23(25)17-35)30(39)14-22-11-12-38-29(13-22)27(18-36-38)33(41)43-20-21-7-5-4-6-8-21/h4-13,15-16,18-19,28H,3,14,20H2,1-2H3. The van der Waals surface area contributed by atoms with E-state index in [0.29, 0.717) is 45.0 Å². The van der Waals surface area contributed by atoms with Crippen molar-refractivity contribution < 1.29 is 19.1 Å². The van der Waals surface area contributed by atoms with Crippen molar-refractivity contribution in [2.75, 3.05) is 7.11 Å². The molecule has 0 saturated heterocycles. The Labute approximate surface area is 252 Å². The third-order valence-corrected chi connectivity index (χ3v) is 7.38. The van der Waals surface area contributed by atoms with Gasteiger partial charge in [0.25, 0.3) is 5.56 Å². The molecule has 1 atom stereocenters. The molecule has 0 saturated carbocycles. The molecule has 3 heterocycles. The molecule has 0 N–H and O–H groups in total. The number of methoxy groups -OCH3 is 1. The van der Waals surface area contributed by atoms with Gasteiger partial charge >= 0.3 is 5.97 Å². The van der Waals surface area contributed by atoms with Crippen molar-refractivity contribution in [1.82, 2.24) is 14.2 Å². The molecule has 216 valence electrons. The second-order valence-electron chi connectivity index (χ2n) is 9.85. The van der Waals surface area contributed by atoms with E-state index >= 15 is 0 Å². The third kappa shape index (κ3) is 6.20. The second kappa shape index (κ2) is 12.8. The van der Waals surface area contributed by atoms with Crippen LogP contribution >= 0.6 is 11.6 Å². The van der Waals surface area contributed by atoms with Crippen LogP contribution < -0.4 is 10.3 Å². The van der Waals surface area contributed by atoms with E-state index in [0.717, 1.165) is 5.56 Å². The number of nitriles is 1. The predicted octanol–water partition coefficient (Wildman–Crippen LogP) is 5.82. The molecule has 0 fully saturated rings. The van der Waals surface area contributed by atoms with Crippen LogP contribution in [0, 0.1) is 11.3 Å². The lowest BCUT2D eigenvalue weighted by atomic mass is 9.99. The van der Waals surface area contributed by atoms with Gasteiger partial charge in [-0.25, -0.2) is 9.31 Å². The number of halogens is 1. The molecule has 0 bridgehead atoms. The molecule has 0 aliphatic carbocycles. The number of fused-ring (bicyclic) bond motifs is 1. The summed E-state index contributed by atoms with van der Waals surface area (Å²) >= 11 is 6.17. The zero-order valence-corrected chi connectivity index (χ0v) is 24.2. The van der Waals surface area contributed by atoms with Crippen molar-refractivity contribution in [1.29, 1.82) is 5.26 Å². The summed E-state index contributed by atoms with van der Waals surface area (Å²) in [6.45, 7) is 1.95. The zero-order chi connectivity index (χ0) is 30.5. The topological polar surface area (TPSA) is 116 Å². The Hall–Kier alpha value is -5.20. The fraction of sp³-hybridized carbons (Fsp3) is 0.182. The van der Waals surface area contributed by atoms with Gasteiger partial charge in [0.1, 0.15) is 17.9 Å². The van der Waals surface area contributed by atoms with Gasteiger partial charge in [0, 0.05) is 34.8 Å². The molecule has 1 unspecified atom stereocenters. The SMILES string of the molecule is CCC(C(=O)Cc1ccn2ncc(C(=O)OCc3ccccc3)c2c1)n1cc(OC)c(-c2cc(Cl)ccc2C#N)cc1=O. The summed E-state index contributed by atoms with van der Waals surface area (Å²) in [5.41, 5.74) is 3.09. The Bertz CT molecular complexity index is 1920. The summed E-state index contributed by atoms with van der Waals surface area (Å²) in [5.74, 6) is -0.396. The number of benzene rings is 2. The number of carbonyl (C=O) groups excluding carboxylic acids is 2. The molecule has 0 aliphatic heterocycles. The maximum absolute atomic E-state index is 13.6. The first-order valence-corrected chi connectivity index (χ1v) is 13.9. The molecule has 5 aromatic rings. The minimum atomic E-state index is -0.776. The lowest BCUT2D eigenvalue weighted by Gasteiger charge is -2.20. The van der Waals surface area contributed by atoms with Crippen molar-refractivity contribution in [3.63, 3.8) is 0 Å². The van der Waals surface area contributed by atoms with Crippen LogP contribution in [-0.2, 0) is 22.6 Å². The first-order valence-electron chi connectivity index (χ1n) is 13.5. The lowest BCUT2D eigenvalue weighted by Crippen LogP contribution is -2.30. The molecule has 5 rings (SSSR count). The van der Waals surface area contributed by atoms with Crippen molar-refractivity contribution in [3.8, 4) is 22.9 Å². The number of Topliss-reactive ketones (excluding diaryl/α,β-unsaturated/α-hetero) is 1. The summed E-state index contributed by atoms with van der Waals surface area (Å²) in [4.78, 5) is 39.7. The zero-order valence-electron chi connectivity index (χ0n) is 23.5. The van der Waals surface area contributed by atoms with E-state index in [9.17, 15) is 19.6 Å².